The Morgan fingerprint density at radius 1 is 1.44 bits per heavy atom. The van der Waals surface area contributed by atoms with E-state index >= 15 is 0 Å². The van der Waals surface area contributed by atoms with Gasteiger partial charge in [-0.3, -0.25) is 9.67 Å². The molecule has 1 saturated heterocycles. The number of hydrogen-bond donors (Lipinski definition) is 2. The highest BCUT2D eigenvalue weighted by atomic mass is 35.5. The highest BCUT2D eigenvalue weighted by Gasteiger charge is 2.26. The largest absolute Gasteiger partial charge is 0.361 e. The van der Waals surface area contributed by atoms with Gasteiger partial charge in [-0.05, 0) is 42.2 Å². The van der Waals surface area contributed by atoms with Crippen molar-refractivity contribution in [2.45, 2.75) is 18.8 Å². The molecule has 0 radical (unpaired) electrons. The molecule has 1 atom stereocenters. The van der Waals surface area contributed by atoms with E-state index in [1.165, 1.54) is 16.5 Å². The molecule has 142 valence electrons. The molecule has 0 amide bonds. The molecular formula is C20H25ClN6. The van der Waals surface area contributed by atoms with Crippen molar-refractivity contribution < 1.29 is 0 Å². The van der Waals surface area contributed by atoms with Gasteiger partial charge in [-0.2, -0.15) is 5.10 Å². The van der Waals surface area contributed by atoms with Gasteiger partial charge in [0.1, 0.15) is 0 Å². The van der Waals surface area contributed by atoms with Crippen molar-refractivity contribution in [2.75, 3.05) is 26.7 Å². The molecule has 1 aromatic carbocycles. The molecule has 2 aromatic heterocycles. The number of nitrogens with one attached hydrogen (secondary N) is 2. The quantitative estimate of drug-likeness (QED) is 0.536. The lowest BCUT2D eigenvalue weighted by atomic mass is 10.0. The van der Waals surface area contributed by atoms with E-state index in [9.17, 15) is 0 Å². The van der Waals surface area contributed by atoms with Crippen LogP contribution < -0.4 is 5.32 Å². The first-order chi connectivity index (χ1) is 13.1. The van der Waals surface area contributed by atoms with Crippen molar-refractivity contribution in [3.63, 3.8) is 0 Å². The van der Waals surface area contributed by atoms with Crippen molar-refractivity contribution in [1.29, 1.82) is 0 Å². The minimum absolute atomic E-state index is 0.521. The number of aromatic amines is 1. The lowest BCUT2D eigenvalue weighted by Gasteiger charge is -2.21. The van der Waals surface area contributed by atoms with Crippen LogP contribution in [0.2, 0.25) is 5.02 Å². The summed E-state index contributed by atoms with van der Waals surface area (Å²) in [4.78, 5) is 10.1. The third kappa shape index (κ3) is 3.81. The summed E-state index contributed by atoms with van der Waals surface area (Å²) in [5.74, 6) is 1.49. The monoisotopic (exact) mass is 384 g/mol. The molecule has 3 heterocycles. The first kappa shape index (κ1) is 17.9. The zero-order valence-corrected chi connectivity index (χ0v) is 16.5. The fourth-order valence-corrected chi connectivity index (χ4v) is 4.05. The number of fused-ring (bicyclic) bond motifs is 1. The minimum Gasteiger partial charge on any atom is -0.361 e. The van der Waals surface area contributed by atoms with Gasteiger partial charge in [-0.25, -0.2) is 0 Å². The number of H-pyrrole nitrogens is 1. The zero-order valence-electron chi connectivity index (χ0n) is 15.7. The number of aliphatic imine (C=N–C) groups is 1. The molecule has 4 rings (SSSR count). The second-order valence-electron chi connectivity index (χ2n) is 7.11. The lowest BCUT2D eigenvalue weighted by Crippen LogP contribution is -2.40. The van der Waals surface area contributed by atoms with Gasteiger partial charge < -0.3 is 15.2 Å². The molecule has 3 aromatic rings. The SMILES string of the molecule is CN=C(NCCc1c[nH]c2ccc(Cl)cc12)N1CCC(c2cnn(C)c2)C1. The van der Waals surface area contributed by atoms with Gasteiger partial charge in [0.25, 0.3) is 0 Å². The molecule has 0 bridgehead atoms. The maximum Gasteiger partial charge on any atom is 0.193 e. The number of halogens is 1. The summed E-state index contributed by atoms with van der Waals surface area (Å²) < 4.78 is 1.87. The van der Waals surface area contributed by atoms with Crippen molar-refractivity contribution in [1.82, 2.24) is 25.0 Å². The molecule has 27 heavy (non-hydrogen) atoms. The molecular weight excluding hydrogens is 360 g/mol. The van der Waals surface area contributed by atoms with Gasteiger partial charge in [-0.15, -0.1) is 0 Å². The predicted octanol–water partition coefficient (Wildman–Crippen LogP) is 3.16. The van der Waals surface area contributed by atoms with E-state index in [4.69, 9.17) is 11.6 Å². The number of aryl methyl sites for hydroxylation is 1. The number of benzene rings is 1. The normalized spacial score (nSPS) is 17.8. The molecule has 1 unspecified atom stereocenters. The zero-order chi connectivity index (χ0) is 18.8. The van der Waals surface area contributed by atoms with Crippen LogP contribution in [0.5, 0.6) is 0 Å². The number of likely N-dealkylation sites (tertiary alicyclic amines) is 1. The van der Waals surface area contributed by atoms with Gasteiger partial charge in [0, 0.05) is 68.0 Å². The van der Waals surface area contributed by atoms with Crippen LogP contribution in [0, 0.1) is 0 Å². The Hall–Kier alpha value is -2.47. The Balaban J connectivity index is 1.35. The Morgan fingerprint density at radius 3 is 3.11 bits per heavy atom. The van der Waals surface area contributed by atoms with Crippen LogP contribution in [0.1, 0.15) is 23.5 Å². The van der Waals surface area contributed by atoms with Crippen LogP contribution in [0.15, 0.2) is 41.8 Å². The maximum absolute atomic E-state index is 6.15. The minimum atomic E-state index is 0.521. The summed E-state index contributed by atoms with van der Waals surface area (Å²) in [5, 5.41) is 9.78. The fraction of sp³-hybridized carbons (Fsp3) is 0.400. The summed E-state index contributed by atoms with van der Waals surface area (Å²) >= 11 is 6.15. The number of hydrogen-bond acceptors (Lipinski definition) is 2. The Morgan fingerprint density at radius 2 is 2.33 bits per heavy atom. The van der Waals surface area contributed by atoms with Gasteiger partial charge in [-0.1, -0.05) is 11.6 Å². The molecule has 0 spiro atoms. The average Bonchev–Trinajstić information content (AvgIpc) is 3.38. The second kappa shape index (κ2) is 7.64. The smallest absolute Gasteiger partial charge is 0.193 e. The highest BCUT2D eigenvalue weighted by Crippen LogP contribution is 2.27. The van der Waals surface area contributed by atoms with E-state index in [1.54, 1.807) is 0 Å². The van der Waals surface area contributed by atoms with Gasteiger partial charge in [0.05, 0.1) is 6.20 Å². The van der Waals surface area contributed by atoms with E-state index < -0.39 is 0 Å². The van der Waals surface area contributed by atoms with E-state index in [0.29, 0.717) is 5.92 Å². The third-order valence-corrected chi connectivity index (χ3v) is 5.54. The topological polar surface area (TPSA) is 61.2 Å². The van der Waals surface area contributed by atoms with Gasteiger partial charge >= 0.3 is 0 Å². The van der Waals surface area contributed by atoms with Crippen LogP contribution in [-0.2, 0) is 13.5 Å². The molecule has 6 nitrogen and oxygen atoms in total. The summed E-state index contributed by atoms with van der Waals surface area (Å²) in [6, 6.07) is 5.96. The first-order valence-corrected chi connectivity index (χ1v) is 9.71. The summed E-state index contributed by atoms with van der Waals surface area (Å²) in [6.07, 6.45) is 8.21. The molecule has 1 fully saturated rings. The number of nitrogens with zero attached hydrogens (tertiary/aromatic N) is 4. The summed E-state index contributed by atoms with van der Waals surface area (Å²) in [7, 11) is 3.82. The maximum atomic E-state index is 6.15. The molecule has 2 N–H and O–H groups in total. The van der Waals surface area contributed by atoms with Crippen molar-refractivity contribution in [2.24, 2.45) is 12.0 Å². The Kier molecular flexibility index (Phi) is 5.07. The van der Waals surface area contributed by atoms with Crippen molar-refractivity contribution >= 4 is 28.5 Å². The van der Waals surface area contributed by atoms with E-state index in [2.05, 4.69) is 37.7 Å². The van der Waals surface area contributed by atoms with Crippen LogP contribution in [0.3, 0.4) is 0 Å². The van der Waals surface area contributed by atoms with Crippen LogP contribution in [0.4, 0.5) is 0 Å². The van der Waals surface area contributed by atoms with Crippen LogP contribution in [0.25, 0.3) is 10.9 Å². The van der Waals surface area contributed by atoms with Crippen LogP contribution in [-0.4, -0.2) is 52.3 Å². The van der Waals surface area contributed by atoms with Gasteiger partial charge in [0.15, 0.2) is 5.96 Å². The molecule has 0 aliphatic carbocycles. The van der Waals surface area contributed by atoms with E-state index in [1.807, 2.05) is 43.2 Å². The predicted molar refractivity (Wildman–Crippen MR) is 111 cm³/mol. The van der Waals surface area contributed by atoms with Crippen LogP contribution >= 0.6 is 11.6 Å². The standard InChI is InChI=1S/C20H25ClN6/c1-22-20(27-8-6-15(13-27)16-11-25-26(2)12-16)23-7-5-14-10-24-19-4-3-17(21)9-18(14)19/h3-4,9-12,15,24H,5-8,13H2,1-2H3,(H,22,23). The number of guanidine groups is 1. The second-order valence-corrected chi connectivity index (χ2v) is 7.54. The van der Waals surface area contributed by atoms with Gasteiger partial charge in [0.2, 0.25) is 0 Å². The summed E-state index contributed by atoms with van der Waals surface area (Å²) in [6.45, 7) is 2.83. The van der Waals surface area contributed by atoms with Crippen molar-refractivity contribution in [3.8, 4) is 0 Å². The average molecular weight is 385 g/mol. The Bertz CT molecular complexity index is 956. The third-order valence-electron chi connectivity index (χ3n) is 5.30. The number of aromatic nitrogens is 3. The first-order valence-electron chi connectivity index (χ1n) is 9.33. The Labute approximate surface area is 164 Å². The molecule has 7 heteroatoms. The van der Waals surface area contributed by atoms with E-state index in [-0.39, 0.29) is 0 Å². The lowest BCUT2D eigenvalue weighted by molar-refractivity contribution is 0.486. The van der Waals surface area contributed by atoms with E-state index in [0.717, 1.165) is 49.0 Å². The number of rotatable bonds is 4. The molecule has 0 saturated carbocycles. The molecule has 1 aliphatic heterocycles. The molecule has 1 aliphatic rings. The fourth-order valence-electron chi connectivity index (χ4n) is 3.87. The van der Waals surface area contributed by atoms with Crippen molar-refractivity contribution in [3.05, 3.63) is 52.9 Å². The summed E-state index contributed by atoms with van der Waals surface area (Å²) in [5.41, 5.74) is 3.70. The highest BCUT2D eigenvalue weighted by molar-refractivity contribution is 6.31.